The van der Waals surface area contributed by atoms with E-state index in [-0.39, 0.29) is 18.0 Å². The number of nitrogens with zero attached hydrogens (tertiary/aromatic N) is 1. The zero-order chi connectivity index (χ0) is 20.8. The summed E-state index contributed by atoms with van der Waals surface area (Å²) in [5, 5.41) is 9.67. The minimum atomic E-state index is -0.335. The van der Waals surface area contributed by atoms with Gasteiger partial charge in [0.2, 0.25) is 0 Å². The number of nitrogens with one attached hydrogen (secondary N) is 2. The Morgan fingerprint density at radius 3 is 2.48 bits per heavy atom. The molecule has 0 aliphatic heterocycles. The second-order valence-corrected chi connectivity index (χ2v) is 7.42. The van der Waals surface area contributed by atoms with E-state index >= 15 is 0 Å². The SMILES string of the molecule is COc1ccccc1C(=O)Nc1ccc(N(S)C(=O)NC(C)c2ccsc2)cc1. The highest BCUT2D eigenvalue weighted by Gasteiger charge is 2.16. The van der Waals surface area contributed by atoms with E-state index < -0.39 is 0 Å². The van der Waals surface area contributed by atoms with Crippen LogP contribution >= 0.6 is 24.2 Å². The summed E-state index contributed by atoms with van der Waals surface area (Å²) in [4.78, 5) is 24.9. The first-order valence-corrected chi connectivity index (χ1v) is 10.2. The molecule has 1 atom stereocenters. The fourth-order valence-corrected chi connectivity index (χ4v) is 3.63. The number of hydrogen-bond donors (Lipinski definition) is 3. The van der Waals surface area contributed by atoms with Crippen molar-refractivity contribution >= 4 is 47.5 Å². The van der Waals surface area contributed by atoms with Crippen LogP contribution in [0.5, 0.6) is 5.75 Å². The lowest BCUT2D eigenvalue weighted by molar-refractivity contribution is 0.102. The highest BCUT2D eigenvalue weighted by atomic mass is 32.1. The zero-order valence-corrected chi connectivity index (χ0v) is 17.7. The number of methoxy groups -OCH3 is 1. The van der Waals surface area contributed by atoms with Crippen molar-refractivity contribution in [1.82, 2.24) is 5.32 Å². The standard InChI is InChI=1S/C21H21N3O3S2/c1-14(15-11-12-29-13-15)22-21(26)24(28)17-9-7-16(8-10-17)23-20(25)18-5-3-4-6-19(18)27-2/h3-14,28H,1-2H3,(H,22,26)(H,23,25). The smallest absolute Gasteiger partial charge is 0.332 e. The van der Waals surface area contributed by atoms with Crippen LogP contribution in [0.25, 0.3) is 0 Å². The Bertz CT molecular complexity index is 975. The number of anilines is 2. The fourth-order valence-electron chi connectivity index (χ4n) is 2.68. The van der Waals surface area contributed by atoms with Gasteiger partial charge in [-0.15, -0.1) is 0 Å². The van der Waals surface area contributed by atoms with Crippen LogP contribution in [0.4, 0.5) is 16.2 Å². The van der Waals surface area contributed by atoms with Gasteiger partial charge in [0.15, 0.2) is 0 Å². The Balaban J connectivity index is 1.63. The van der Waals surface area contributed by atoms with Gasteiger partial charge >= 0.3 is 6.03 Å². The van der Waals surface area contributed by atoms with Gasteiger partial charge in [-0.3, -0.25) is 4.79 Å². The molecule has 8 heteroatoms. The Labute approximate surface area is 179 Å². The van der Waals surface area contributed by atoms with E-state index in [4.69, 9.17) is 4.74 Å². The third-order valence-corrected chi connectivity index (χ3v) is 5.41. The van der Waals surface area contributed by atoms with Gasteiger partial charge in [-0.2, -0.15) is 11.3 Å². The molecule has 3 rings (SSSR count). The molecular weight excluding hydrogens is 406 g/mol. The normalized spacial score (nSPS) is 11.4. The first kappa shape index (κ1) is 20.8. The second-order valence-electron chi connectivity index (χ2n) is 6.24. The number of carbonyl (C=O) groups is 2. The number of rotatable bonds is 6. The third kappa shape index (κ3) is 5.10. The van der Waals surface area contributed by atoms with Crippen LogP contribution in [0.3, 0.4) is 0 Å². The van der Waals surface area contributed by atoms with E-state index in [0.717, 1.165) is 5.56 Å². The Kier molecular flexibility index (Phi) is 6.79. The molecule has 1 unspecified atom stereocenters. The van der Waals surface area contributed by atoms with Crippen LogP contribution in [-0.4, -0.2) is 19.0 Å². The van der Waals surface area contributed by atoms with Crippen molar-refractivity contribution < 1.29 is 14.3 Å². The van der Waals surface area contributed by atoms with Gasteiger partial charge in [0.1, 0.15) is 5.75 Å². The Morgan fingerprint density at radius 2 is 1.83 bits per heavy atom. The topological polar surface area (TPSA) is 70.7 Å². The van der Waals surface area contributed by atoms with E-state index in [1.165, 1.54) is 11.4 Å². The maximum Gasteiger partial charge on any atom is 0.332 e. The first-order chi connectivity index (χ1) is 14.0. The van der Waals surface area contributed by atoms with Crippen LogP contribution < -0.4 is 19.7 Å². The summed E-state index contributed by atoms with van der Waals surface area (Å²) in [6.45, 7) is 1.91. The van der Waals surface area contributed by atoms with Crippen molar-refractivity contribution in [2.24, 2.45) is 0 Å². The number of benzene rings is 2. The molecule has 2 aromatic carbocycles. The lowest BCUT2D eigenvalue weighted by Crippen LogP contribution is -2.35. The largest absolute Gasteiger partial charge is 0.496 e. The number of carbonyl (C=O) groups excluding carboxylic acids is 2. The molecule has 0 aliphatic carbocycles. The number of ether oxygens (including phenoxy) is 1. The summed E-state index contributed by atoms with van der Waals surface area (Å²) in [5.74, 6) is 0.222. The van der Waals surface area contributed by atoms with E-state index in [1.807, 2.05) is 23.8 Å². The van der Waals surface area contributed by atoms with E-state index in [0.29, 0.717) is 22.7 Å². The average molecular weight is 428 g/mol. The number of hydrogen-bond acceptors (Lipinski definition) is 5. The molecule has 0 fully saturated rings. The third-order valence-electron chi connectivity index (χ3n) is 4.30. The van der Waals surface area contributed by atoms with Gasteiger partial charge in [-0.25, -0.2) is 9.10 Å². The summed E-state index contributed by atoms with van der Waals surface area (Å²) >= 11 is 5.87. The molecule has 0 saturated carbocycles. The molecule has 1 aromatic heterocycles. The molecule has 1 heterocycles. The van der Waals surface area contributed by atoms with Crippen molar-refractivity contribution in [2.45, 2.75) is 13.0 Å². The molecule has 29 heavy (non-hydrogen) atoms. The quantitative estimate of drug-likeness (QED) is 0.478. The summed E-state index contributed by atoms with van der Waals surface area (Å²) in [7, 11) is 1.52. The van der Waals surface area contributed by atoms with E-state index in [2.05, 4.69) is 23.4 Å². The van der Waals surface area contributed by atoms with Crippen molar-refractivity contribution in [3.05, 3.63) is 76.5 Å². The van der Waals surface area contributed by atoms with Gasteiger partial charge in [0.25, 0.3) is 5.91 Å². The summed E-state index contributed by atoms with van der Waals surface area (Å²) < 4.78 is 6.45. The van der Waals surface area contributed by atoms with Crippen molar-refractivity contribution in [3.8, 4) is 5.75 Å². The summed E-state index contributed by atoms with van der Waals surface area (Å²) in [5.41, 5.74) is 2.66. The molecule has 0 spiro atoms. The highest BCUT2D eigenvalue weighted by molar-refractivity contribution is 7.82. The number of thiophene rings is 1. The van der Waals surface area contributed by atoms with E-state index in [1.54, 1.807) is 59.9 Å². The van der Waals surface area contributed by atoms with Crippen LogP contribution in [-0.2, 0) is 0 Å². The molecule has 3 amide bonds. The van der Waals surface area contributed by atoms with Gasteiger partial charge in [-0.05, 0) is 65.7 Å². The molecule has 0 radical (unpaired) electrons. The number of thiol groups is 1. The zero-order valence-electron chi connectivity index (χ0n) is 16.0. The van der Waals surface area contributed by atoms with Crippen LogP contribution in [0, 0.1) is 0 Å². The average Bonchev–Trinajstić information content (AvgIpc) is 3.28. The maximum absolute atomic E-state index is 12.5. The van der Waals surface area contributed by atoms with Crippen molar-refractivity contribution in [2.75, 3.05) is 16.7 Å². The predicted molar refractivity (Wildman–Crippen MR) is 120 cm³/mol. The lowest BCUT2D eigenvalue weighted by Gasteiger charge is -2.20. The molecular formula is C21H21N3O3S2. The molecule has 3 aromatic rings. The molecule has 0 aliphatic rings. The molecule has 0 bridgehead atoms. The van der Waals surface area contributed by atoms with Gasteiger partial charge in [-0.1, -0.05) is 24.9 Å². The van der Waals surface area contributed by atoms with Gasteiger partial charge in [0, 0.05) is 5.69 Å². The minimum absolute atomic E-state index is 0.122. The summed E-state index contributed by atoms with van der Waals surface area (Å²) in [6, 6.07) is 15.3. The number of urea groups is 1. The van der Waals surface area contributed by atoms with Crippen LogP contribution in [0.15, 0.2) is 65.4 Å². The lowest BCUT2D eigenvalue weighted by atomic mass is 10.2. The molecule has 150 valence electrons. The molecule has 2 N–H and O–H groups in total. The molecule has 0 saturated heterocycles. The minimum Gasteiger partial charge on any atom is -0.496 e. The first-order valence-electron chi connectivity index (χ1n) is 8.85. The molecule has 6 nitrogen and oxygen atoms in total. The highest BCUT2D eigenvalue weighted by Crippen LogP contribution is 2.23. The van der Waals surface area contributed by atoms with Gasteiger partial charge < -0.3 is 15.4 Å². The van der Waals surface area contributed by atoms with Crippen molar-refractivity contribution in [1.29, 1.82) is 0 Å². The van der Waals surface area contributed by atoms with Crippen LogP contribution in [0.2, 0.25) is 0 Å². The van der Waals surface area contributed by atoms with E-state index in [9.17, 15) is 9.59 Å². The number of amides is 3. The number of para-hydroxylation sites is 1. The second kappa shape index (κ2) is 9.49. The van der Waals surface area contributed by atoms with Crippen LogP contribution in [0.1, 0.15) is 28.9 Å². The maximum atomic E-state index is 12.5. The monoisotopic (exact) mass is 427 g/mol. The van der Waals surface area contributed by atoms with Crippen molar-refractivity contribution in [3.63, 3.8) is 0 Å². The summed E-state index contributed by atoms with van der Waals surface area (Å²) in [6.07, 6.45) is 0. The predicted octanol–water partition coefficient (Wildman–Crippen LogP) is 5.13. The Hall–Kier alpha value is -2.97. The fraction of sp³-hybridized carbons (Fsp3) is 0.143. The van der Waals surface area contributed by atoms with Gasteiger partial charge in [0.05, 0.1) is 24.4 Å². The Morgan fingerprint density at radius 1 is 1.10 bits per heavy atom.